The molecule has 2 rings (SSSR count). The molecule has 0 unspecified atom stereocenters. The summed E-state index contributed by atoms with van der Waals surface area (Å²) >= 11 is 2.57. The van der Waals surface area contributed by atoms with Gasteiger partial charge in [0.2, 0.25) is 0 Å². The van der Waals surface area contributed by atoms with Crippen molar-refractivity contribution < 1.29 is 8.87 Å². The van der Waals surface area contributed by atoms with Crippen LogP contribution < -0.4 is 9.84 Å². The summed E-state index contributed by atoms with van der Waals surface area (Å²) < 4.78 is 29.7. The summed E-state index contributed by atoms with van der Waals surface area (Å²) in [5.41, 5.74) is 2.58. The minimum Gasteiger partial charge on any atom is -0.309 e. The molecule has 0 aliphatic rings. The number of nitrogens with zero attached hydrogens (tertiary/aromatic N) is 2. The number of anilines is 2. The molecule has 3 nitrogen and oxygen atoms in total. The van der Waals surface area contributed by atoms with Gasteiger partial charge in [-0.3, -0.25) is 0 Å². The topological polar surface area (TPSA) is 28.2 Å². The van der Waals surface area contributed by atoms with Crippen LogP contribution in [0.2, 0.25) is 0 Å². The smallest absolute Gasteiger partial charge is 0.147 e. The van der Waals surface area contributed by atoms with Gasteiger partial charge in [0.1, 0.15) is 11.6 Å². The van der Waals surface area contributed by atoms with Crippen LogP contribution in [0.15, 0.2) is 27.9 Å². The van der Waals surface area contributed by atoms with Gasteiger partial charge in [0, 0.05) is 18.5 Å². The van der Waals surface area contributed by atoms with Crippen LogP contribution in [0.25, 0.3) is 0 Å². The number of benzene rings is 1. The molecule has 96 valence electrons. The third-order valence-electron chi connectivity index (χ3n) is 2.28. The highest BCUT2D eigenvalue weighted by Gasteiger charge is 2.11. The molecule has 0 amide bonds. The first kappa shape index (κ1) is 13.1. The number of aromatic nitrogens is 1. The van der Waals surface area contributed by atoms with Crippen LogP contribution in [0.5, 0.6) is 0 Å². The monoisotopic (exact) mass is 287 g/mol. The molecule has 7 heteroatoms. The van der Waals surface area contributed by atoms with Gasteiger partial charge < -0.3 is 4.72 Å². The number of nitrogens with one attached hydrogen (secondary N) is 1. The SMILES string of the molecule is Cc1cc(SNc2cscn2)c(F)cc1N(C)F. The molecule has 0 aliphatic heterocycles. The summed E-state index contributed by atoms with van der Waals surface area (Å²) in [5, 5.41) is 2.22. The molecular formula is C11H11F2N3S2. The second kappa shape index (κ2) is 5.53. The van der Waals surface area contributed by atoms with Crippen LogP contribution in [-0.2, 0) is 0 Å². The zero-order chi connectivity index (χ0) is 13.1. The highest BCUT2D eigenvalue weighted by atomic mass is 32.2. The predicted octanol–water partition coefficient (Wildman–Crippen LogP) is 4.03. The average Bonchev–Trinajstić information content (AvgIpc) is 2.82. The largest absolute Gasteiger partial charge is 0.309 e. The van der Waals surface area contributed by atoms with Crippen molar-refractivity contribution >= 4 is 34.8 Å². The fraction of sp³-hybridized carbons (Fsp3) is 0.182. The Morgan fingerprint density at radius 2 is 2.22 bits per heavy atom. The standard InChI is InChI=1S/C11H11F2N3S2/c1-7-3-10(8(12)4-9(7)16(2)13)18-15-11-5-17-6-14-11/h3-6,15H,1-2H3. The maximum Gasteiger partial charge on any atom is 0.147 e. The summed E-state index contributed by atoms with van der Waals surface area (Å²) in [6.07, 6.45) is 0. The first-order valence-corrected chi connectivity index (χ1v) is 6.84. The summed E-state index contributed by atoms with van der Waals surface area (Å²) in [4.78, 5) is 4.43. The third-order valence-corrected chi connectivity index (χ3v) is 3.71. The molecule has 0 bridgehead atoms. The van der Waals surface area contributed by atoms with Crippen LogP contribution in [0.4, 0.5) is 20.4 Å². The summed E-state index contributed by atoms with van der Waals surface area (Å²) in [5.74, 6) is 0.210. The molecule has 0 saturated heterocycles. The lowest BCUT2D eigenvalue weighted by Crippen LogP contribution is -2.05. The molecule has 0 atom stereocenters. The molecule has 18 heavy (non-hydrogen) atoms. The van der Waals surface area contributed by atoms with Gasteiger partial charge in [0.15, 0.2) is 0 Å². The van der Waals surface area contributed by atoms with Gasteiger partial charge in [-0.05, 0) is 30.5 Å². The fourth-order valence-corrected chi connectivity index (χ4v) is 2.70. The van der Waals surface area contributed by atoms with Crippen LogP contribution in [0.3, 0.4) is 0 Å². The zero-order valence-corrected chi connectivity index (χ0v) is 11.4. The second-order valence-electron chi connectivity index (χ2n) is 3.62. The van der Waals surface area contributed by atoms with Crippen LogP contribution in [-0.4, -0.2) is 12.0 Å². The summed E-state index contributed by atoms with van der Waals surface area (Å²) in [6.45, 7) is 1.73. The quantitative estimate of drug-likeness (QED) is 0.679. The Morgan fingerprint density at radius 3 is 2.83 bits per heavy atom. The number of aryl methyl sites for hydroxylation is 1. The van der Waals surface area contributed by atoms with E-state index >= 15 is 0 Å². The predicted molar refractivity (Wildman–Crippen MR) is 72.2 cm³/mol. The van der Waals surface area contributed by atoms with Gasteiger partial charge in [-0.15, -0.1) is 15.8 Å². The van der Waals surface area contributed by atoms with Crippen molar-refractivity contribution in [1.29, 1.82) is 0 Å². The molecule has 2 aromatic rings. The average molecular weight is 287 g/mol. The number of halogens is 2. The number of hydrogen-bond acceptors (Lipinski definition) is 5. The molecular weight excluding hydrogens is 276 g/mol. The van der Waals surface area contributed by atoms with Crippen molar-refractivity contribution in [1.82, 2.24) is 4.98 Å². The second-order valence-corrected chi connectivity index (χ2v) is 5.19. The molecule has 1 heterocycles. The van der Waals surface area contributed by atoms with Crippen molar-refractivity contribution in [2.24, 2.45) is 0 Å². The lowest BCUT2D eigenvalue weighted by Gasteiger charge is -2.13. The van der Waals surface area contributed by atoms with Gasteiger partial charge in [0.25, 0.3) is 0 Å². The number of thiazole rings is 1. The van der Waals surface area contributed by atoms with Crippen molar-refractivity contribution in [3.05, 3.63) is 34.4 Å². The van der Waals surface area contributed by atoms with Gasteiger partial charge in [-0.1, -0.05) is 0 Å². The van der Waals surface area contributed by atoms with Crippen molar-refractivity contribution in [2.45, 2.75) is 11.8 Å². The number of rotatable bonds is 4. The van der Waals surface area contributed by atoms with E-state index in [-0.39, 0.29) is 5.69 Å². The van der Waals surface area contributed by atoms with E-state index in [0.717, 1.165) is 11.9 Å². The Balaban J connectivity index is 2.16. The molecule has 0 fully saturated rings. The Kier molecular flexibility index (Phi) is 4.03. The first-order valence-electron chi connectivity index (χ1n) is 5.08. The first-order chi connectivity index (χ1) is 8.58. The van der Waals surface area contributed by atoms with Crippen LogP contribution in [0.1, 0.15) is 5.56 Å². The normalized spacial score (nSPS) is 10.4. The summed E-state index contributed by atoms with van der Waals surface area (Å²) in [7, 11) is 1.24. The van der Waals surface area contributed by atoms with E-state index < -0.39 is 5.82 Å². The lowest BCUT2D eigenvalue weighted by molar-refractivity contribution is 0.472. The van der Waals surface area contributed by atoms with E-state index in [2.05, 4.69) is 9.71 Å². The van der Waals surface area contributed by atoms with Crippen LogP contribution >= 0.6 is 23.3 Å². The zero-order valence-electron chi connectivity index (χ0n) is 9.78. The minimum absolute atomic E-state index is 0.227. The Morgan fingerprint density at radius 1 is 1.44 bits per heavy atom. The Labute approximate surface area is 112 Å². The van der Waals surface area contributed by atoms with Crippen LogP contribution in [0, 0.1) is 12.7 Å². The molecule has 0 spiro atoms. The van der Waals surface area contributed by atoms with Gasteiger partial charge in [0.05, 0.1) is 16.1 Å². The third kappa shape index (κ3) is 2.91. The highest BCUT2D eigenvalue weighted by molar-refractivity contribution is 8.00. The molecule has 0 saturated carbocycles. The maximum atomic E-state index is 13.7. The molecule has 0 aliphatic carbocycles. The van der Waals surface area contributed by atoms with Crippen molar-refractivity contribution in [3.63, 3.8) is 0 Å². The van der Waals surface area contributed by atoms with Gasteiger partial charge in [-0.25, -0.2) is 14.5 Å². The number of hydrogen-bond donors (Lipinski definition) is 1. The van der Waals surface area contributed by atoms with E-state index in [1.807, 2.05) is 5.38 Å². The summed E-state index contributed by atoms with van der Waals surface area (Å²) in [6, 6.07) is 2.78. The molecule has 1 N–H and O–H groups in total. The highest BCUT2D eigenvalue weighted by Crippen LogP contribution is 2.30. The molecule has 1 aromatic carbocycles. The van der Waals surface area contributed by atoms with Crippen molar-refractivity contribution in [3.8, 4) is 0 Å². The van der Waals surface area contributed by atoms with Crippen molar-refractivity contribution in [2.75, 3.05) is 16.9 Å². The van der Waals surface area contributed by atoms with E-state index in [1.165, 1.54) is 24.5 Å². The maximum absolute atomic E-state index is 13.7. The molecule has 1 aromatic heterocycles. The Bertz CT molecular complexity index is 529. The fourth-order valence-electron chi connectivity index (χ4n) is 1.42. The van der Waals surface area contributed by atoms with E-state index in [9.17, 15) is 8.87 Å². The van der Waals surface area contributed by atoms with Gasteiger partial charge >= 0.3 is 0 Å². The Hall–Kier alpha value is -1.34. The van der Waals surface area contributed by atoms with E-state index in [4.69, 9.17) is 0 Å². The van der Waals surface area contributed by atoms with Gasteiger partial charge in [-0.2, -0.15) is 0 Å². The van der Waals surface area contributed by atoms with E-state index in [1.54, 1.807) is 18.5 Å². The van der Waals surface area contributed by atoms with E-state index in [0.29, 0.717) is 21.4 Å². The minimum atomic E-state index is -0.465. The lowest BCUT2D eigenvalue weighted by atomic mass is 10.2. The molecule has 0 radical (unpaired) electrons.